The van der Waals surface area contributed by atoms with Gasteiger partial charge >= 0.3 is 0 Å². The molecule has 0 unspecified atom stereocenters. The Kier molecular flexibility index (Phi) is 5.11. The number of carbonyl (C=O) groups excluding carboxylic acids is 1. The van der Waals surface area contributed by atoms with Crippen molar-refractivity contribution in [3.63, 3.8) is 0 Å². The third kappa shape index (κ3) is 3.04. The quantitative estimate of drug-likeness (QED) is 0.892. The number of piperidine rings is 1. The molecule has 2 aliphatic heterocycles. The molecule has 1 fully saturated rings. The van der Waals surface area contributed by atoms with Gasteiger partial charge in [-0.1, -0.05) is 17.3 Å². The highest BCUT2D eigenvalue weighted by molar-refractivity contribution is 6.06. The van der Waals surface area contributed by atoms with Crippen LogP contribution in [0.2, 0.25) is 0 Å². The van der Waals surface area contributed by atoms with Crippen LogP contribution in [0.15, 0.2) is 18.2 Å². The SMILES string of the molecule is Cc1cccc2c1CCN2C(=O)c1nnn(C2CCNCC2)c1C.Cl. The van der Waals surface area contributed by atoms with Gasteiger partial charge in [-0.15, -0.1) is 17.5 Å². The molecule has 0 radical (unpaired) electrons. The van der Waals surface area contributed by atoms with E-state index in [-0.39, 0.29) is 18.3 Å². The van der Waals surface area contributed by atoms with Crippen molar-refractivity contribution in [3.05, 3.63) is 40.7 Å². The number of rotatable bonds is 2. The first-order valence-corrected chi connectivity index (χ1v) is 8.69. The van der Waals surface area contributed by atoms with Gasteiger partial charge in [0.05, 0.1) is 11.7 Å². The molecule has 134 valence electrons. The van der Waals surface area contributed by atoms with Crippen molar-refractivity contribution >= 4 is 24.0 Å². The first-order valence-electron chi connectivity index (χ1n) is 8.69. The predicted molar refractivity (Wildman–Crippen MR) is 99.7 cm³/mol. The topological polar surface area (TPSA) is 63.1 Å². The molecule has 25 heavy (non-hydrogen) atoms. The molecule has 1 aromatic carbocycles. The maximum absolute atomic E-state index is 13.0. The zero-order valence-corrected chi connectivity index (χ0v) is 15.5. The summed E-state index contributed by atoms with van der Waals surface area (Å²) in [5.41, 5.74) is 4.92. The molecule has 6 nitrogen and oxygen atoms in total. The van der Waals surface area contributed by atoms with E-state index in [9.17, 15) is 4.79 Å². The van der Waals surface area contributed by atoms with Crippen molar-refractivity contribution in [1.29, 1.82) is 0 Å². The summed E-state index contributed by atoms with van der Waals surface area (Å²) in [6.07, 6.45) is 2.97. The van der Waals surface area contributed by atoms with Crippen LogP contribution in [0.5, 0.6) is 0 Å². The highest BCUT2D eigenvalue weighted by atomic mass is 35.5. The van der Waals surface area contributed by atoms with Crippen LogP contribution in [0.25, 0.3) is 0 Å². The van der Waals surface area contributed by atoms with Crippen LogP contribution >= 0.6 is 12.4 Å². The molecule has 4 rings (SSSR count). The lowest BCUT2D eigenvalue weighted by atomic mass is 10.1. The van der Waals surface area contributed by atoms with Gasteiger partial charge in [-0.3, -0.25) is 4.79 Å². The Morgan fingerprint density at radius 3 is 2.76 bits per heavy atom. The molecular weight excluding hydrogens is 338 g/mol. The van der Waals surface area contributed by atoms with E-state index in [1.807, 2.05) is 28.6 Å². The van der Waals surface area contributed by atoms with Crippen molar-refractivity contribution < 1.29 is 4.79 Å². The van der Waals surface area contributed by atoms with Crippen molar-refractivity contribution in [2.24, 2.45) is 0 Å². The molecule has 3 heterocycles. The summed E-state index contributed by atoms with van der Waals surface area (Å²) in [6, 6.07) is 6.48. The van der Waals surface area contributed by atoms with Crippen LogP contribution in [0.4, 0.5) is 5.69 Å². The Balaban J connectivity index is 0.00000182. The summed E-state index contributed by atoms with van der Waals surface area (Å²) in [4.78, 5) is 14.9. The summed E-state index contributed by atoms with van der Waals surface area (Å²) < 4.78 is 1.95. The molecule has 1 saturated heterocycles. The van der Waals surface area contributed by atoms with Gasteiger partial charge in [-0.25, -0.2) is 4.68 Å². The summed E-state index contributed by atoms with van der Waals surface area (Å²) in [5.74, 6) is -0.0305. The summed E-state index contributed by atoms with van der Waals surface area (Å²) >= 11 is 0. The van der Waals surface area contributed by atoms with Crippen molar-refractivity contribution in [1.82, 2.24) is 20.3 Å². The first-order chi connectivity index (χ1) is 11.7. The number of aromatic nitrogens is 3. The Morgan fingerprint density at radius 1 is 1.24 bits per heavy atom. The molecule has 1 N–H and O–H groups in total. The number of amides is 1. The fourth-order valence-electron chi connectivity index (χ4n) is 3.88. The standard InChI is InChI=1S/C18H23N5O.ClH/c1-12-4-3-5-16-15(12)8-11-22(16)18(24)17-13(2)23(21-20-17)14-6-9-19-10-7-14;/h3-5,14,19H,6-11H2,1-2H3;1H. The van der Waals surface area contributed by atoms with E-state index in [4.69, 9.17) is 0 Å². The minimum absolute atomic E-state index is 0. The van der Waals surface area contributed by atoms with E-state index in [0.29, 0.717) is 11.7 Å². The maximum Gasteiger partial charge on any atom is 0.280 e. The lowest BCUT2D eigenvalue weighted by Crippen LogP contribution is -2.31. The molecule has 0 spiro atoms. The second-order valence-electron chi connectivity index (χ2n) is 6.73. The van der Waals surface area contributed by atoms with Gasteiger partial charge in [0.1, 0.15) is 0 Å². The van der Waals surface area contributed by atoms with Crippen LogP contribution in [0.1, 0.15) is 46.2 Å². The smallest absolute Gasteiger partial charge is 0.280 e. The van der Waals surface area contributed by atoms with Crippen LogP contribution in [0, 0.1) is 13.8 Å². The lowest BCUT2D eigenvalue weighted by molar-refractivity contribution is 0.0984. The largest absolute Gasteiger partial charge is 0.317 e. The molecular formula is C18H24ClN5O. The first kappa shape index (κ1) is 17.9. The summed E-state index contributed by atoms with van der Waals surface area (Å²) in [5, 5.41) is 11.9. The van der Waals surface area contributed by atoms with Crippen molar-refractivity contribution in [3.8, 4) is 0 Å². The molecule has 7 heteroatoms. The van der Waals surface area contributed by atoms with E-state index in [1.165, 1.54) is 11.1 Å². The van der Waals surface area contributed by atoms with Gasteiger partial charge in [0.25, 0.3) is 5.91 Å². The van der Waals surface area contributed by atoms with Gasteiger partial charge < -0.3 is 10.2 Å². The highest BCUT2D eigenvalue weighted by Gasteiger charge is 2.30. The second kappa shape index (κ2) is 7.14. The highest BCUT2D eigenvalue weighted by Crippen LogP contribution is 2.32. The molecule has 2 aliphatic rings. The van der Waals surface area contributed by atoms with Crippen LogP contribution in [-0.4, -0.2) is 40.5 Å². The van der Waals surface area contributed by atoms with E-state index in [1.54, 1.807) is 0 Å². The average Bonchev–Trinajstić information content (AvgIpc) is 3.20. The number of benzene rings is 1. The van der Waals surface area contributed by atoms with Crippen molar-refractivity contribution in [2.45, 2.75) is 39.2 Å². The third-order valence-corrected chi connectivity index (χ3v) is 5.29. The second-order valence-corrected chi connectivity index (χ2v) is 6.73. The normalized spacial score (nSPS) is 17.3. The molecule has 1 amide bonds. The maximum atomic E-state index is 13.0. The van der Waals surface area contributed by atoms with E-state index < -0.39 is 0 Å². The van der Waals surface area contributed by atoms with E-state index in [0.717, 1.165) is 50.3 Å². The predicted octanol–water partition coefficient (Wildman–Crippen LogP) is 2.44. The zero-order valence-electron chi connectivity index (χ0n) is 14.7. The molecule has 0 saturated carbocycles. The molecule has 1 aromatic heterocycles. The number of anilines is 1. The average molecular weight is 362 g/mol. The Labute approximate surface area is 154 Å². The minimum atomic E-state index is -0.0305. The number of fused-ring (bicyclic) bond motifs is 1. The van der Waals surface area contributed by atoms with E-state index >= 15 is 0 Å². The monoisotopic (exact) mass is 361 g/mol. The van der Waals surface area contributed by atoms with Gasteiger partial charge in [-0.05, 0) is 63.4 Å². The van der Waals surface area contributed by atoms with E-state index in [2.05, 4.69) is 28.6 Å². The Hall–Kier alpha value is -1.92. The number of nitrogens with zero attached hydrogens (tertiary/aromatic N) is 4. The van der Waals surface area contributed by atoms with Gasteiger partial charge in [0.2, 0.25) is 0 Å². The molecule has 0 aliphatic carbocycles. The molecule has 0 atom stereocenters. The zero-order chi connectivity index (χ0) is 16.7. The number of hydrogen-bond donors (Lipinski definition) is 1. The molecule has 2 aromatic rings. The fourth-order valence-corrected chi connectivity index (χ4v) is 3.88. The van der Waals surface area contributed by atoms with Crippen LogP contribution in [0.3, 0.4) is 0 Å². The van der Waals surface area contributed by atoms with Gasteiger partial charge in [-0.2, -0.15) is 0 Å². The lowest BCUT2D eigenvalue weighted by Gasteiger charge is -2.23. The number of carbonyl (C=O) groups is 1. The Morgan fingerprint density at radius 2 is 2.00 bits per heavy atom. The van der Waals surface area contributed by atoms with Gasteiger partial charge in [0, 0.05) is 12.2 Å². The van der Waals surface area contributed by atoms with Crippen LogP contribution in [-0.2, 0) is 6.42 Å². The fraction of sp³-hybridized carbons (Fsp3) is 0.500. The number of nitrogens with one attached hydrogen (secondary N) is 1. The summed E-state index contributed by atoms with van der Waals surface area (Å²) in [7, 11) is 0. The number of aryl methyl sites for hydroxylation is 1. The summed E-state index contributed by atoms with van der Waals surface area (Å²) in [6.45, 7) is 6.77. The Bertz CT molecular complexity index is 782. The van der Waals surface area contributed by atoms with Gasteiger partial charge in [0.15, 0.2) is 5.69 Å². The number of hydrogen-bond acceptors (Lipinski definition) is 4. The minimum Gasteiger partial charge on any atom is -0.317 e. The molecule has 0 bridgehead atoms. The number of halogens is 1. The van der Waals surface area contributed by atoms with Crippen LogP contribution < -0.4 is 10.2 Å². The third-order valence-electron chi connectivity index (χ3n) is 5.29. The van der Waals surface area contributed by atoms with Crippen molar-refractivity contribution in [2.75, 3.05) is 24.5 Å².